The zero-order valence-electron chi connectivity index (χ0n) is 16.6. The van der Waals surface area contributed by atoms with Crippen LogP contribution in [0, 0.1) is 6.92 Å². The first-order valence-electron chi connectivity index (χ1n) is 10.1. The van der Waals surface area contributed by atoms with E-state index in [1.165, 1.54) is 5.56 Å². The van der Waals surface area contributed by atoms with E-state index in [4.69, 9.17) is 9.40 Å². The summed E-state index contributed by atoms with van der Waals surface area (Å²) >= 11 is 0. The zero-order valence-corrected chi connectivity index (χ0v) is 16.6. The number of aryl methyl sites for hydroxylation is 1. The van der Waals surface area contributed by atoms with Gasteiger partial charge in [0.2, 0.25) is 0 Å². The first kappa shape index (κ1) is 17.9. The average molecular weight is 384 g/mol. The Morgan fingerprint density at radius 1 is 0.931 bits per heavy atom. The summed E-state index contributed by atoms with van der Waals surface area (Å²) in [5.41, 5.74) is 3.83. The van der Waals surface area contributed by atoms with E-state index in [2.05, 4.69) is 57.3 Å². The van der Waals surface area contributed by atoms with E-state index in [-0.39, 0.29) is 0 Å². The van der Waals surface area contributed by atoms with Crippen molar-refractivity contribution in [1.29, 1.82) is 0 Å². The average Bonchev–Trinajstić information content (AvgIpc) is 3.13. The second-order valence-corrected chi connectivity index (χ2v) is 7.47. The fourth-order valence-electron chi connectivity index (χ4n) is 3.94. The second kappa shape index (κ2) is 7.68. The first-order chi connectivity index (χ1) is 14.3. The van der Waals surface area contributed by atoms with E-state index in [0.29, 0.717) is 0 Å². The molecule has 0 amide bonds. The van der Waals surface area contributed by atoms with Gasteiger partial charge in [0.25, 0.3) is 0 Å². The van der Waals surface area contributed by atoms with E-state index < -0.39 is 0 Å². The summed E-state index contributed by atoms with van der Waals surface area (Å²) in [6.45, 7) is 6.79. The Morgan fingerprint density at radius 3 is 2.52 bits per heavy atom. The molecule has 1 saturated heterocycles. The zero-order chi connectivity index (χ0) is 19.6. The lowest BCUT2D eigenvalue weighted by Gasteiger charge is -2.34. The third-order valence-electron chi connectivity index (χ3n) is 5.46. The highest BCUT2D eigenvalue weighted by atomic mass is 16.3. The summed E-state index contributed by atoms with van der Waals surface area (Å²) in [6.07, 6.45) is 4.44. The van der Waals surface area contributed by atoms with Gasteiger partial charge in [0.1, 0.15) is 16.9 Å². The number of para-hydroxylation sites is 1. The molecule has 1 aliphatic heterocycles. The van der Waals surface area contributed by atoms with Crippen molar-refractivity contribution >= 4 is 34.0 Å². The van der Waals surface area contributed by atoms with Crippen LogP contribution in [0.3, 0.4) is 0 Å². The van der Waals surface area contributed by atoms with Crippen molar-refractivity contribution in [2.75, 3.05) is 37.6 Å². The normalized spacial score (nSPS) is 15.7. The number of nitrogens with zero attached hydrogens (tertiary/aromatic N) is 4. The van der Waals surface area contributed by atoms with Crippen LogP contribution in [0.5, 0.6) is 0 Å². The summed E-state index contributed by atoms with van der Waals surface area (Å²) in [5, 5.41) is 1.05. The van der Waals surface area contributed by atoms with Crippen molar-refractivity contribution in [3.63, 3.8) is 0 Å². The maximum atomic E-state index is 6.14. The Kier molecular flexibility index (Phi) is 4.74. The van der Waals surface area contributed by atoms with Crippen molar-refractivity contribution < 1.29 is 4.42 Å². The Bertz CT molecular complexity index is 1160. The van der Waals surface area contributed by atoms with Gasteiger partial charge in [-0.2, -0.15) is 0 Å². The fraction of sp³-hybridized carbons (Fsp3) is 0.250. The fourth-order valence-corrected chi connectivity index (χ4v) is 3.94. The number of rotatable bonds is 4. The van der Waals surface area contributed by atoms with Gasteiger partial charge in [0.15, 0.2) is 11.4 Å². The number of piperazine rings is 1. The number of hydrogen-bond acceptors (Lipinski definition) is 5. The minimum Gasteiger partial charge on any atom is -0.450 e. The summed E-state index contributed by atoms with van der Waals surface area (Å²) in [5.74, 6) is 1.70. The highest BCUT2D eigenvalue weighted by Crippen LogP contribution is 2.33. The molecule has 4 aromatic rings. The van der Waals surface area contributed by atoms with Crippen LogP contribution < -0.4 is 4.90 Å². The predicted molar refractivity (Wildman–Crippen MR) is 118 cm³/mol. The standard InChI is InChI=1S/C24H24N4O/c1-18-25-22-20-11-5-6-12-21(20)29-23(22)24(26-18)28-16-14-27(15-17-28)13-7-10-19-8-3-2-4-9-19/h2-12H,13-17H2,1H3/b10-7+. The van der Waals surface area contributed by atoms with Crippen LogP contribution in [0.2, 0.25) is 0 Å². The smallest absolute Gasteiger partial charge is 0.196 e. The maximum Gasteiger partial charge on any atom is 0.196 e. The van der Waals surface area contributed by atoms with Crippen LogP contribution in [0.1, 0.15) is 11.4 Å². The molecule has 0 saturated carbocycles. The Labute approximate surface area is 170 Å². The summed E-state index contributed by atoms with van der Waals surface area (Å²) < 4.78 is 6.14. The summed E-state index contributed by atoms with van der Waals surface area (Å²) in [7, 11) is 0. The van der Waals surface area contributed by atoms with Gasteiger partial charge >= 0.3 is 0 Å². The van der Waals surface area contributed by atoms with Crippen LogP contribution in [-0.4, -0.2) is 47.6 Å². The maximum absolute atomic E-state index is 6.14. The minimum atomic E-state index is 0.785. The molecule has 0 bridgehead atoms. The molecule has 2 aromatic carbocycles. The summed E-state index contributed by atoms with van der Waals surface area (Å²) in [4.78, 5) is 14.2. The molecule has 1 fully saturated rings. The lowest BCUT2D eigenvalue weighted by atomic mass is 10.2. The molecule has 1 aliphatic rings. The van der Waals surface area contributed by atoms with Crippen LogP contribution in [-0.2, 0) is 0 Å². The van der Waals surface area contributed by atoms with E-state index in [1.807, 2.05) is 31.2 Å². The molecular weight excluding hydrogens is 360 g/mol. The highest BCUT2D eigenvalue weighted by Gasteiger charge is 2.23. The first-order valence-corrected chi connectivity index (χ1v) is 10.1. The Hall–Kier alpha value is -3.18. The minimum absolute atomic E-state index is 0.785. The largest absolute Gasteiger partial charge is 0.450 e. The van der Waals surface area contributed by atoms with Gasteiger partial charge in [-0.25, -0.2) is 9.97 Å². The number of aromatic nitrogens is 2. The van der Waals surface area contributed by atoms with Crippen molar-refractivity contribution in [2.45, 2.75) is 6.92 Å². The van der Waals surface area contributed by atoms with Gasteiger partial charge in [0.05, 0.1) is 0 Å². The van der Waals surface area contributed by atoms with E-state index in [9.17, 15) is 0 Å². The van der Waals surface area contributed by atoms with Gasteiger partial charge in [-0.3, -0.25) is 4.90 Å². The van der Waals surface area contributed by atoms with Gasteiger partial charge in [-0.15, -0.1) is 0 Å². The third kappa shape index (κ3) is 3.61. The predicted octanol–water partition coefficient (Wildman–Crippen LogP) is 4.52. The molecule has 0 aliphatic carbocycles. The molecule has 3 heterocycles. The molecule has 0 spiro atoms. The molecule has 29 heavy (non-hydrogen) atoms. The molecule has 0 atom stereocenters. The molecule has 0 unspecified atom stereocenters. The van der Waals surface area contributed by atoms with Crippen molar-refractivity contribution in [2.24, 2.45) is 0 Å². The van der Waals surface area contributed by atoms with Crippen molar-refractivity contribution in [3.05, 3.63) is 72.1 Å². The van der Waals surface area contributed by atoms with Crippen LogP contribution in [0.4, 0.5) is 5.82 Å². The van der Waals surface area contributed by atoms with E-state index >= 15 is 0 Å². The summed E-state index contributed by atoms with van der Waals surface area (Å²) in [6, 6.07) is 18.5. The molecule has 2 aromatic heterocycles. The molecule has 146 valence electrons. The van der Waals surface area contributed by atoms with Crippen molar-refractivity contribution in [3.8, 4) is 0 Å². The highest BCUT2D eigenvalue weighted by molar-refractivity contribution is 6.05. The molecule has 5 rings (SSSR count). The molecule has 5 nitrogen and oxygen atoms in total. The topological polar surface area (TPSA) is 45.4 Å². The van der Waals surface area contributed by atoms with E-state index in [0.717, 1.165) is 66.4 Å². The molecule has 0 radical (unpaired) electrons. The van der Waals surface area contributed by atoms with Crippen LogP contribution in [0.15, 0.2) is 65.1 Å². The van der Waals surface area contributed by atoms with E-state index in [1.54, 1.807) is 0 Å². The Morgan fingerprint density at radius 2 is 1.69 bits per heavy atom. The molecule has 5 heteroatoms. The van der Waals surface area contributed by atoms with Gasteiger partial charge < -0.3 is 9.32 Å². The number of furan rings is 1. The lowest BCUT2D eigenvalue weighted by molar-refractivity contribution is 0.283. The molecular formula is C24H24N4O. The Balaban J connectivity index is 1.32. The van der Waals surface area contributed by atoms with Crippen molar-refractivity contribution in [1.82, 2.24) is 14.9 Å². The monoisotopic (exact) mass is 384 g/mol. The number of benzene rings is 2. The van der Waals surface area contributed by atoms with Gasteiger partial charge in [-0.05, 0) is 24.6 Å². The second-order valence-electron chi connectivity index (χ2n) is 7.47. The number of hydrogen-bond donors (Lipinski definition) is 0. The SMILES string of the molecule is Cc1nc(N2CCN(C/C=C/c3ccccc3)CC2)c2oc3ccccc3c2n1. The van der Waals surface area contributed by atoms with Crippen LogP contribution >= 0.6 is 0 Å². The van der Waals surface area contributed by atoms with Crippen LogP contribution in [0.25, 0.3) is 28.1 Å². The van der Waals surface area contributed by atoms with Gasteiger partial charge in [0, 0.05) is 38.1 Å². The quantitative estimate of drug-likeness (QED) is 0.518. The third-order valence-corrected chi connectivity index (χ3v) is 5.46. The number of anilines is 1. The lowest BCUT2D eigenvalue weighted by Crippen LogP contribution is -2.46. The van der Waals surface area contributed by atoms with Gasteiger partial charge in [-0.1, -0.05) is 54.6 Å². The number of fused-ring (bicyclic) bond motifs is 3. The molecule has 0 N–H and O–H groups in total.